The van der Waals surface area contributed by atoms with Gasteiger partial charge in [0.05, 0.1) is 18.0 Å². The van der Waals surface area contributed by atoms with E-state index >= 15 is 0 Å². The van der Waals surface area contributed by atoms with Crippen LogP contribution in [-0.4, -0.2) is 15.8 Å². The molecule has 0 spiro atoms. The van der Waals surface area contributed by atoms with E-state index in [4.69, 9.17) is 4.74 Å². The molecule has 0 fully saturated rings. The lowest BCUT2D eigenvalue weighted by molar-refractivity contribution is 0.0977. The largest absolute Gasteiger partial charge is 0.487 e. The average molecular weight is 343 g/mol. The Bertz CT molecular complexity index is 931. The highest BCUT2D eigenvalue weighted by atomic mass is 16.5. The molecule has 1 unspecified atom stereocenters. The summed E-state index contributed by atoms with van der Waals surface area (Å²) in [5, 5.41) is 9.41. The van der Waals surface area contributed by atoms with Crippen LogP contribution >= 0.6 is 0 Å². The summed E-state index contributed by atoms with van der Waals surface area (Å²) in [6, 6.07) is 18.1. The minimum absolute atomic E-state index is 0.273. The second kappa shape index (κ2) is 8.04. The molecular weight excluding hydrogens is 326 g/mol. The van der Waals surface area contributed by atoms with Crippen LogP contribution in [-0.2, 0) is 6.61 Å². The van der Waals surface area contributed by atoms with E-state index in [-0.39, 0.29) is 5.78 Å². The highest BCUT2D eigenvalue weighted by Crippen LogP contribution is 2.20. The van der Waals surface area contributed by atoms with E-state index in [9.17, 15) is 10.1 Å². The number of aromatic nitrogens is 2. The number of nitriles is 1. The lowest BCUT2D eigenvalue weighted by Gasteiger charge is -2.10. The zero-order valence-corrected chi connectivity index (χ0v) is 14.3. The van der Waals surface area contributed by atoms with Gasteiger partial charge in [0, 0.05) is 17.5 Å². The molecule has 2 heterocycles. The van der Waals surface area contributed by atoms with E-state index in [0.29, 0.717) is 23.6 Å². The van der Waals surface area contributed by atoms with Crippen LogP contribution in [0.2, 0.25) is 0 Å². The maximum absolute atomic E-state index is 12.7. The van der Waals surface area contributed by atoms with E-state index in [0.717, 1.165) is 11.3 Å². The number of hydrogen-bond acceptors (Lipinski definition) is 5. The molecule has 5 nitrogen and oxygen atoms in total. The van der Waals surface area contributed by atoms with E-state index in [1.165, 1.54) is 0 Å². The SMILES string of the molecule is Cc1ccc(OCc2cccc(C(=O)C(C#N)c3ccccn3)c2)cn1. The van der Waals surface area contributed by atoms with Gasteiger partial charge in [-0.05, 0) is 42.8 Å². The first-order valence-electron chi connectivity index (χ1n) is 8.16. The van der Waals surface area contributed by atoms with Gasteiger partial charge in [-0.2, -0.15) is 5.26 Å². The summed E-state index contributed by atoms with van der Waals surface area (Å²) in [7, 11) is 0. The van der Waals surface area contributed by atoms with Crippen LogP contribution in [0.5, 0.6) is 5.75 Å². The molecule has 3 aromatic rings. The van der Waals surface area contributed by atoms with Crippen molar-refractivity contribution in [3.8, 4) is 11.8 Å². The fourth-order valence-corrected chi connectivity index (χ4v) is 2.49. The summed E-state index contributed by atoms with van der Waals surface area (Å²) < 4.78 is 5.70. The maximum atomic E-state index is 12.7. The van der Waals surface area contributed by atoms with E-state index < -0.39 is 5.92 Å². The third-order valence-electron chi connectivity index (χ3n) is 3.88. The van der Waals surface area contributed by atoms with Crippen LogP contribution in [0.15, 0.2) is 67.0 Å². The number of pyridine rings is 2. The zero-order valence-electron chi connectivity index (χ0n) is 14.3. The van der Waals surface area contributed by atoms with Crippen LogP contribution in [0.4, 0.5) is 0 Å². The second-order valence-electron chi connectivity index (χ2n) is 5.81. The Balaban J connectivity index is 1.75. The molecule has 3 rings (SSSR count). The number of rotatable bonds is 6. The highest BCUT2D eigenvalue weighted by molar-refractivity contribution is 6.02. The molecule has 0 N–H and O–H groups in total. The van der Waals surface area contributed by atoms with Gasteiger partial charge in [-0.15, -0.1) is 0 Å². The predicted octanol–water partition coefficient (Wildman–Crippen LogP) is 3.85. The van der Waals surface area contributed by atoms with Gasteiger partial charge < -0.3 is 4.74 Å². The monoisotopic (exact) mass is 343 g/mol. The number of benzene rings is 1. The van der Waals surface area contributed by atoms with Gasteiger partial charge in [0.15, 0.2) is 11.7 Å². The molecule has 1 aromatic carbocycles. The Morgan fingerprint density at radius 1 is 1.15 bits per heavy atom. The quantitative estimate of drug-likeness (QED) is 0.635. The number of carbonyl (C=O) groups is 1. The van der Waals surface area contributed by atoms with Crippen molar-refractivity contribution in [1.82, 2.24) is 9.97 Å². The average Bonchev–Trinajstić information content (AvgIpc) is 2.69. The summed E-state index contributed by atoms with van der Waals surface area (Å²) in [5.74, 6) is -0.533. The molecular formula is C21H17N3O2. The first kappa shape index (κ1) is 17.3. The Morgan fingerprint density at radius 2 is 2.04 bits per heavy atom. The van der Waals surface area contributed by atoms with Crippen molar-refractivity contribution in [2.75, 3.05) is 0 Å². The lowest BCUT2D eigenvalue weighted by atomic mass is 9.94. The Hall–Kier alpha value is -3.52. The van der Waals surface area contributed by atoms with Gasteiger partial charge in [0.1, 0.15) is 12.4 Å². The zero-order chi connectivity index (χ0) is 18.4. The molecule has 128 valence electrons. The molecule has 2 aromatic heterocycles. The van der Waals surface area contributed by atoms with Crippen LogP contribution in [0, 0.1) is 18.3 Å². The number of carbonyl (C=O) groups excluding carboxylic acids is 1. The molecule has 0 aliphatic carbocycles. The standard InChI is InChI=1S/C21H17N3O2/c1-15-8-9-18(13-24-15)26-14-16-5-4-6-17(11-16)21(25)19(12-22)20-7-2-3-10-23-20/h2-11,13,19H,14H2,1H3. The number of ketones is 1. The predicted molar refractivity (Wildman–Crippen MR) is 96.7 cm³/mol. The molecule has 26 heavy (non-hydrogen) atoms. The van der Waals surface area contributed by atoms with E-state index in [2.05, 4.69) is 9.97 Å². The van der Waals surface area contributed by atoms with Gasteiger partial charge in [0.25, 0.3) is 0 Å². The van der Waals surface area contributed by atoms with Gasteiger partial charge >= 0.3 is 0 Å². The first-order valence-corrected chi connectivity index (χ1v) is 8.16. The van der Waals surface area contributed by atoms with Gasteiger partial charge in [-0.25, -0.2) is 0 Å². The number of Topliss-reactive ketones (excluding diaryl/α,β-unsaturated/α-hetero) is 1. The minimum atomic E-state index is -0.923. The molecule has 1 atom stereocenters. The smallest absolute Gasteiger partial charge is 0.186 e. The molecule has 0 radical (unpaired) electrons. The summed E-state index contributed by atoms with van der Waals surface area (Å²) in [5.41, 5.74) is 2.67. The summed E-state index contributed by atoms with van der Waals surface area (Å²) in [4.78, 5) is 21.0. The molecule has 0 aliphatic rings. The van der Waals surface area contributed by atoms with Crippen molar-refractivity contribution in [3.63, 3.8) is 0 Å². The lowest BCUT2D eigenvalue weighted by Crippen LogP contribution is -2.13. The normalized spacial score (nSPS) is 11.4. The van der Waals surface area contributed by atoms with Gasteiger partial charge in [-0.3, -0.25) is 14.8 Å². The number of aryl methyl sites for hydroxylation is 1. The van der Waals surface area contributed by atoms with Crippen LogP contribution in [0.1, 0.15) is 33.2 Å². The second-order valence-corrected chi connectivity index (χ2v) is 5.81. The van der Waals surface area contributed by atoms with Gasteiger partial charge in [0.2, 0.25) is 0 Å². The third kappa shape index (κ3) is 4.11. The van der Waals surface area contributed by atoms with Gasteiger partial charge in [-0.1, -0.05) is 24.3 Å². The van der Waals surface area contributed by atoms with Crippen molar-refractivity contribution in [1.29, 1.82) is 5.26 Å². The molecule has 0 amide bonds. The minimum Gasteiger partial charge on any atom is -0.487 e. The molecule has 5 heteroatoms. The summed E-state index contributed by atoms with van der Waals surface area (Å²) in [6.07, 6.45) is 3.24. The first-order chi connectivity index (χ1) is 12.7. The fourth-order valence-electron chi connectivity index (χ4n) is 2.49. The topological polar surface area (TPSA) is 75.9 Å². The maximum Gasteiger partial charge on any atom is 0.186 e. The van der Waals surface area contributed by atoms with E-state index in [1.807, 2.05) is 31.2 Å². The van der Waals surface area contributed by atoms with Crippen LogP contribution in [0.25, 0.3) is 0 Å². The Kier molecular flexibility index (Phi) is 5.35. The number of ether oxygens (including phenoxy) is 1. The van der Waals surface area contributed by atoms with Crippen LogP contribution < -0.4 is 4.74 Å². The van der Waals surface area contributed by atoms with Crippen molar-refractivity contribution < 1.29 is 9.53 Å². The summed E-state index contributed by atoms with van der Waals surface area (Å²) in [6.45, 7) is 2.22. The molecule has 0 aliphatic heterocycles. The highest BCUT2D eigenvalue weighted by Gasteiger charge is 2.23. The Labute approximate surface area is 151 Å². The molecule has 0 saturated carbocycles. The van der Waals surface area contributed by atoms with E-state index in [1.54, 1.807) is 48.8 Å². The Morgan fingerprint density at radius 3 is 2.73 bits per heavy atom. The van der Waals surface area contributed by atoms with Crippen molar-refractivity contribution in [2.24, 2.45) is 0 Å². The number of nitrogens with zero attached hydrogens (tertiary/aromatic N) is 3. The van der Waals surface area contributed by atoms with Crippen molar-refractivity contribution >= 4 is 5.78 Å². The molecule has 0 saturated heterocycles. The third-order valence-corrected chi connectivity index (χ3v) is 3.88. The van der Waals surface area contributed by atoms with Crippen molar-refractivity contribution in [2.45, 2.75) is 19.4 Å². The van der Waals surface area contributed by atoms with Crippen LogP contribution in [0.3, 0.4) is 0 Å². The fraction of sp³-hybridized carbons (Fsp3) is 0.143. The van der Waals surface area contributed by atoms with Crippen molar-refractivity contribution in [3.05, 3.63) is 89.5 Å². The molecule has 0 bridgehead atoms. The number of hydrogen-bond donors (Lipinski definition) is 0. The summed E-state index contributed by atoms with van der Waals surface area (Å²) >= 11 is 0.